The minimum atomic E-state index is 0.190. The van der Waals surface area contributed by atoms with E-state index in [9.17, 15) is 4.79 Å². The number of ketones is 1. The Labute approximate surface area is 126 Å². The highest BCUT2D eigenvalue weighted by Crippen LogP contribution is 2.11. The van der Waals surface area contributed by atoms with Crippen molar-refractivity contribution in [1.29, 1.82) is 0 Å². The molecule has 1 aliphatic heterocycles. The lowest BCUT2D eigenvalue weighted by Gasteiger charge is -2.20. The van der Waals surface area contributed by atoms with Crippen molar-refractivity contribution in [3.05, 3.63) is 34.9 Å². The Bertz CT molecular complexity index is 427. The number of carbonyl (C=O) groups excluding carboxylic acids is 1. The quantitative estimate of drug-likeness (QED) is 0.723. The summed E-state index contributed by atoms with van der Waals surface area (Å²) >= 11 is 5.82. The highest BCUT2D eigenvalue weighted by molar-refractivity contribution is 6.30. The molecule has 1 aromatic carbocycles. The van der Waals surface area contributed by atoms with E-state index in [0.717, 1.165) is 25.2 Å². The maximum atomic E-state index is 12.0. The zero-order chi connectivity index (χ0) is 14.4. The van der Waals surface area contributed by atoms with Gasteiger partial charge in [-0.05, 0) is 57.2 Å². The van der Waals surface area contributed by atoms with Crippen molar-refractivity contribution >= 4 is 17.4 Å². The number of carbonyl (C=O) groups is 1. The van der Waals surface area contributed by atoms with E-state index < -0.39 is 0 Å². The fourth-order valence-electron chi connectivity index (χ4n) is 2.50. The second-order valence-electron chi connectivity index (χ2n) is 5.53. The molecule has 0 spiro atoms. The molecule has 0 aliphatic carbocycles. The van der Waals surface area contributed by atoms with Gasteiger partial charge in [0.25, 0.3) is 0 Å². The smallest absolute Gasteiger partial charge is 0.164 e. The number of hydrogen-bond acceptors (Lipinski definition) is 3. The predicted octanol–water partition coefficient (Wildman–Crippen LogP) is 2.94. The van der Waals surface area contributed by atoms with Crippen molar-refractivity contribution in [3.8, 4) is 0 Å². The monoisotopic (exact) mass is 294 g/mol. The van der Waals surface area contributed by atoms with Gasteiger partial charge in [0.2, 0.25) is 0 Å². The lowest BCUT2D eigenvalue weighted by atomic mass is 10.1. The number of halogens is 1. The van der Waals surface area contributed by atoms with Gasteiger partial charge in [-0.2, -0.15) is 0 Å². The number of likely N-dealkylation sites (tertiary alicyclic amines) is 1. The third kappa shape index (κ3) is 4.89. The Kier molecular flexibility index (Phi) is 6.02. The van der Waals surface area contributed by atoms with Crippen LogP contribution in [0, 0.1) is 0 Å². The van der Waals surface area contributed by atoms with Crippen molar-refractivity contribution in [2.24, 2.45) is 0 Å². The molecular weight excluding hydrogens is 272 g/mol. The lowest BCUT2D eigenvalue weighted by molar-refractivity contribution is 0.0967. The van der Waals surface area contributed by atoms with E-state index in [2.05, 4.69) is 16.8 Å². The van der Waals surface area contributed by atoms with Gasteiger partial charge in [-0.15, -0.1) is 0 Å². The molecule has 1 saturated heterocycles. The molecule has 0 unspecified atom stereocenters. The van der Waals surface area contributed by atoms with Gasteiger partial charge in [0.05, 0.1) is 0 Å². The number of benzene rings is 1. The molecule has 0 aromatic heterocycles. The molecular formula is C16H23ClN2O. The fraction of sp³-hybridized carbons (Fsp3) is 0.562. The molecule has 1 fully saturated rings. The Hall–Kier alpha value is -0.900. The maximum Gasteiger partial charge on any atom is 0.164 e. The van der Waals surface area contributed by atoms with Crippen LogP contribution in [-0.4, -0.2) is 55.4 Å². The van der Waals surface area contributed by atoms with E-state index in [1.54, 1.807) is 24.3 Å². The van der Waals surface area contributed by atoms with Crippen molar-refractivity contribution in [2.45, 2.75) is 19.3 Å². The van der Waals surface area contributed by atoms with Crippen LogP contribution in [0.2, 0.25) is 5.02 Å². The van der Waals surface area contributed by atoms with Gasteiger partial charge in [0, 0.05) is 36.6 Å². The van der Waals surface area contributed by atoms with Crippen LogP contribution in [0.25, 0.3) is 0 Å². The van der Waals surface area contributed by atoms with Gasteiger partial charge in [-0.25, -0.2) is 0 Å². The topological polar surface area (TPSA) is 23.6 Å². The first-order valence-electron chi connectivity index (χ1n) is 7.35. The summed E-state index contributed by atoms with van der Waals surface area (Å²) in [6.07, 6.45) is 3.23. The van der Waals surface area contributed by atoms with E-state index >= 15 is 0 Å². The molecule has 0 amide bonds. The van der Waals surface area contributed by atoms with Crippen LogP contribution in [-0.2, 0) is 0 Å². The largest absolute Gasteiger partial charge is 0.305 e. The summed E-state index contributed by atoms with van der Waals surface area (Å²) < 4.78 is 0. The highest BCUT2D eigenvalue weighted by Gasteiger charge is 2.12. The van der Waals surface area contributed by atoms with Crippen LogP contribution in [0.4, 0.5) is 0 Å². The van der Waals surface area contributed by atoms with E-state index in [-0.39, 0.29) is 5.78 Å². The second-order valence-corrected chi connectivity index (χ2v) is 5.97. The van der Waals surface area contributed by atoms with Crippen molar-refractivity contribution in [3.63, 3.8) is 0 Å². The molecule has 3 nitrogen and oxygen atoms in total. The molecule has 0 saturated carbocycles. The van der Waals surface area contributed by atoms with Gasteiger partial charge in [-0.3, -0.25) is 4.79 Å². The lowest BCUT2D eigenvalue weighted by Crippen LogP contribution is -2.32. The molecule has 0 radical (unpaired) electrons. The summed E-state index contributed by atoms with van der Waals surface area (Å²) in [6.45, 7) is 5.43. The van der Waals surface area contributed by atoms with Crippen molar-refractivity contribution in [1.82, 2.24) is 9.80 Å². The van der Waals surface area contributed by atoms with Crippen LogP contribution in [0.15, 0.2) is 24.3 Å². The Morgan fingerprint density at radius 1 is 1.20 bits per heavy atom. The Morgan fingerprint density at radius 2 is 1.85 bits per heavy atom. The molecule has 110 valence electrons. The summed E-state index contributed by atoms with van der Waals surface area (Å²) in [5.74, 6) is 0.190. The first-order valence-corrected chi connectivity index (χ1v) is 7.72. The van der Waals surface area contributed by atoms with Crippen molar-refractivity contribution in [2.75, 3.05) is 39.8 Å². The normalized spacial score (nSPS) is 15.9. The minimum absolute atomic E-state index is 0.190. The van der Waals surface area contributed by atoms with E-state index in [1.165, 1.54) is 25.9 Å². The highest BCUT2D eigenvalue weighted by atomic mass is 35.5. The third-order valence-electron chi connectivity index (χ3n) is 3.88. The van der Waals surface area contributed by atoms with Gasteiger partial charge in [0.15, 0.2) is 5.78 Å². The standard InChI is InChI=1S/C16H23ClN2O/c1-18(12-13-19-9-2-3-10-19)11-8-16(20)14-4-6-15(17)7-5-14/h4-7H,2-3,8-13H2,1H3. The summed E-state index contributed by atoms with van der Waals surface area (Å²) in [6, 6.07) is 7.14. The average Bonchev–Trinajstić information content (AvgIpc) is 2.96. The van der Waals surface area contributed by atoms with E-state index in [4.69, 9.17) is 11.6 Å². The number of nitrogens with zero attached hydrogens (tertiary/aromatic N) is 2. The Morgan fingerprint density at radius 3 is 2.50 bits per heavy atom. The molecule has 0 bridgehead atoms. The summed E-state index contributed by atoms with van der Waals surface area (Å²) in [5, 5.41) is 0.671. The number of likely N-dealkylation sites (N-methyl/N-ethyl adjacent to an activating group) is 1. The molecule has 4 heteroatoms. The average molecular weight is 295 g/mol. The zero-order valence-corrected chi connectivity index (χ0v) is 12.9. The van der Waals surface area contributed by atoms with E-state index in [1.807, 2.05) is 0 Å². The molecule has 0 N–H and O–H groups in total. The van der Waals surface area contributed by atoms with Crippen LogP contribution < -0.4 is 0 Å². The second kappa shape index (κ2) is 7.77. The minimum Gasteiger partial charge on any atom is -0.305 e. The molecule has 20 heavy (non-hydrogen) atoms. The zero-order valence-electron chi connectivity index (χ0n) is 12.1. The van der Waals surface area contributed by atoms with E-state index in [0.29, 0.717) is 11.4 Å². The first kappa shape index (κ1) is 15.5. The molecule has 2 rings (SSSR count). The molecule has 0 atom stereocenters. The summed E-state index contributed by atoms with van der Waals surface area (Å²) in [4.78, 5) is 16.8. The molecule has 1 heterocycles. The first-order chi connectivity index (χ1) is 9.65. The van der Waals surface area contributed by atoms with Crippen molar-refractivity contribution < 1.29 is 4.79 Å². The summed E-state index contributed by atoms with van der Waals surface area (Å²) in [7, 11) is 2.09. The van der Waals surface area contributed by atoms with Gasteiger partial charge < -0.3 is 9.80 Å². The van der Waals surface area contributed by atoms with Crippen LogP contribution in [0.3, 0.4) is 0 Å². The van der Waals surface area contributed by atoms with Crippen LogP contribution in [0.5, 0.6) is 0 Å². The molecule has 1 aliphatic rings. The number of hydrogen-bond donors (Lipinski definition) is 0. The number of rotatable bonds is 7. The SMILES string of the molecule is CN(CCC(=O)c1ccc(Cl)cc1)CCN1CCCC1. The Balaban J connectivity index is 1.68. The number of Topliss-reactive ketones (excluding diaryl/α,β-unsaturated/α-hetero) is 1. The van der Waals surface area contributed by atoms with Crippen LogP contribution >= 0.6 is 11.6 Å². The summed E-state index contributed by atoms with van der Waals surface area (Å²) in [5.41, 5.74) is 0.752. The maximum absolute atomic E-state index is 12.0. The van der Waals surface area contributed by atoms with Gasteiger partial charge in [0.1, 0.15) is 0 Å². The van der Waals surface area contributed by atoms with Crippen LogP contribution in [0.1, 0.15) is 29.6 Å². The predicted molar refractivity (Wildman–Crippen MR) is 83.6 cm³/mol. The van der Waals surface area contributed by atoms with Gasteiger partial charge >= 0.3 is 0 Å². The fourth-order valence-corrected chi connectivity index (χ4v) is 2.63. The van der Waals surface area contributed by atoms with Gasteiger partial charge in [-0.1, -0.05) is 11.6 Å². The molecule has 1 aromatic rings. The third-order valence-corrected chi connectivity index (χ3v) is 4.14.